The van der Waals surface area contributed by atoms with Gasteiger partial charge in [0.15, 0.2) is 0 Å². The van der Waals surface area contributed by atoms with Gasteiger partial charge >= 0.3 is 0 Å². The second-order valence-electron chi connectivity index (χ2n) is 3.95. The first kappa shape index (κ1) is 6.41. The van der Waals surface area contributed by atoms with Crippen LogP contribution < -0.4 is 0 Å². The van der Waals surface area contributed by atoms with E-state index >= 15 is 0 Å². The Bertz CT molecular complexity index is 174. The summed E-state index contributed by atoms with van der Waals surface area (Å²) < 4.78 is 0. The third-order valence-electron chi connectivity index (χ3n) is 2.95. The van der Waals surface area contributed by atoms with Crippen molar-refractivity contribution in [3.8, 4) is 0 Å². The maximum Gasteiger partial charge on any atom is 0.0222 e. The van der Waals surface area contributed by atoms with Gasteiger partial charge in [-0.05, 0) is 32.7 Å². The zero-order valence-corrected chi connectivity index (χ0v) is 6.69. The summed E-state index contributed by atoms with van der Waals surface area (Å²) in [6.45, 7) is 8.88. The molecule has 2 heterocycles. The highest BCUT2D eigenvalue weighted by molar-refractivity contribution is 5.15. The molecular weight excluding hydrogens is 122 g/mol. The van der Waals surface area contributed by atoms with Crippen molar-refractivity contribution >= 4 is 0 Å². The molecule has 0 amide bonds. The van der Waals surface area contributed by atoms with Gasteiger partial charge < -0.3 is 0 Å². The molecule has 1 nitrogen and oxygen atoms in total. The normalized spacial score (nSPS) is 40.7. The number of fused-ring (bicyclic) bond motifs is 1. The highest BCUT2D eigenvalue weighted by Crippen LogP contribution is 2.39. The molecule has 0 aromatic heterocycles. The quantitative estimate of drug-likeness (QED) is 0.460. The van der Waals surface area contributed by atoms with Crippen LogP contribution in [0.2, 0.25) is 0 Å². The van der Waals surface area contributed by atoms with Crippen molar-refractivity contribution in [1.82, 2.24) is 4.90 Å². The third kappa shape index (κ3) is 0.734. The minimum Gasteiger partial charge on any atom is -0.294 e. The maximum atomic E-state index is 4.04. The predicted molar refractivity (Wildman–Crippen MR) is 43.0 cm³/mol. The molecule has 2 fully saturated rings. The molecule has 2 saturated heterocycles. The topological polar surface area (TPSA) is 3.24 Å². The Kier molecular flexibility index (Phi) is 1.19. The Balaban J connectivity index is 2.22. The molecular formula is C9H15N. The van der Waals surface area contributed by atoms with Crippen LogP contribution in [0.15, 0.2) is 12.2 Å². The van der Waals surface area contributed by atoms with E-state index in [0.717, 1.165) is 6.54 Å². The first-order valence-electron chi connectivity index (χ1n) is 4.12. The van der Waals surface area contributed by atoms with Gasteiger partial charge in [-0.3, -0.25) is 4.90 Å². The van der Waals surface area contributed by atoms with Crippen molar-refractivity contribution in [1.29, 1.82) is 0 Å². The molecule has 0 N–H and O–H groups in total. The number of hydrogen-bond acceptors (Lipinski definition) is 1. The molecule has 1 atom stereocenters. The Labute approximate surface area is 62.7 Å². The van der Waals surface area contributed by atoms with Crippen LogP contribution in [0, 0.1) is 0 Å². The predicted octanol–water partition coefficient (Wildman–Crippen LogP) is 1.80. The molecule has 0 spiro atoms. The van der Waals surface area contributed by atoms with Crippen molar-refractivity contribution in [3.05, 3.63) is 12.2 Å². The average molecular weight is 137 g/mol. The van der Waals surface area contributed by atoms with Gasteiger partial charge in [0.05, 0.1) is 0 Å². The molecule has 0 aliphatic carbocycles. The molecule has 0 radical (unpaired) electrons. The van der Waals surface area contributed by atoms with Crippen molar-refractivity contribution in [2.75, 3.05) is 13.1 Å². The summed E-state index contributed by atoms with van der Waals surface area (Å²) in [6.07, 6.45) is 4.02. The molecule has 0 aromatic rings. The van der Waals surface area contributed by atoms with Gasteiger partial charge in [-0.15, -0.1) is 0 Å². The van der Waals surface area contributed by atoms with E-state index in [1.54, 1.807) is 0 Å². The molecule has 0 bridgehead atoms. The Morgan fingerprint density at radius 2 is 2.40 bits per heavy atom. The van der Waals surface area contributed by atoms with E-state index in [0.29, 0.717) is 5.54 Å². The second kappa shape index (κ2) is 1.85. The summed E-state index contributed by atoms with van der Waals surface area (Å²) in [7, 11) is 0. The molecule has 56 valence electrons. The van der Waals surface area contributed by atoms with E-state index in [-0.39, 0.29) is 0 Å². The fraction of sp³-hybridized carbons (Fsp3) is 0.778. The van der Waals surface area contributed by atoms with Crippen LogP contribution in [0.25, 0.3) is 0 Å². The number of nitrogens with zero attached hydrogens (tertiary/aromatic N) is 1. The summed E-state index contributed by atoms with van der Waals surface area (Å²) in [6, 6.07) is 0. The lowest BCUT2D eigenvalue weighted by Gasteiger charge is -2.25. The van der Waals surface area contributed by atoms with Gasteiger partial charge in [0.25, 0.3) is 0 Å². The molecule has 0 unspecified atom stereocenters. The van der Waals surface area contributed by atoms with Crippen LogP contribution in [0.5, 0.6) is 0 Å². The van der Waals surface area contributed by atoms with Gasteiger partial charge in [0, 0.05) is 12.1 Å². The van der Waals surface area contributed by atoms with Gasteiger partial charge in [-0.1, -0.05) is 12.2 Å². The van der Waals surface area contributed by atoms with Crippen LogP contribution in [0.1, 0.15) is 26.2 Å². The lowest BCUT2D eigenvalue weighted by atomic mass is 9.96. The van der Waals surface area contributed by atoms with Gasteiger partial charge in [0.1, 0.15) is 0 Å². The zero-order valence-electron chi connectivity index (χ0n) is 6.69. The minimum atomic E-state index is 0.511. The first-order valence-corrected chi connectivity index (χ1v) is 4.12. The molecule has 2 aliphatic rings. The second-order valence-corrected chi connectivity index (χ2v) is 3.95. The SMILES string of the molecule is C=C1CN2CCC[C@]2(C)C1. The molecule has 2 rings (SSSR count). The summed E-state index contributed by atoms with van der Waals surface area (Å²) in [5, 5.41) is 0. The zero-order chi connectivity index (χ0) is 7.19. The van der Waals surface area contributed by atoms with E-state index < -0.39 is 0 Å². The lowest BCUT2D eigenvalue weighted by Crippen LogP contribution is -2.34. The molecule has 1 heteroatoms. The minimum absolute atomic E-state index is 0.511. The first-order chi connectivity index (χ1) is 4.71. The summed E-state index contributed by atoms with van der Waals surface area (Å²) in [5.41, 5.74) is 1.94. The summed E-state index contributed by atoms with van der Waals surface area (Å²) >= 11 is 0. The Morgan fingerprint density at radius 1 is 1.60 bits per heavy atom. The third-order valence-corrected chi connectivity index (χ3v) is 2.95. The lowest BCUT2D eigenvalue weighted by molar-refractivity contribution is 0.218. The average Bonchev–Trinajstić information content (AvgIpc) is 2.20. The molecule has 10 heavy (non-hydrogen) atoms. The number of rotatable bonds is 0. The molecule has 2 aliphatic heterocycles. The smallest absolute Gasteiger partial charge is 0.0222 e. The van der Waals surface area contributed by atoms with Crippen LogP contribution in [0.4, 0.5) is 0 Å². The van der Waals surface area contributed by atoms with Crippen molar-refractivity contribution in [3.63, 3.8) is 0 Å². The van der Waals surface area contributed by atoms with Crippen LogP contribution >= 0.6 is 0 Å². The van der Waals surface area contributed by atoms with E-state index in [9.17, 15) is 0 Å². The van der Waals surface area contributed by atoms with E-state index in [2.05, 4.69) is 18.4 Å². The Morgan fingerprint density at radius 3 is 3.10 bits per heavy atom. The number of hydrogen-bond donors (Lipinski definition) is 0. The van der Waals surface area contributed by atoms with Crippen LogP contribution in [-0.4, -0.2) is 23.5 Å². The fourth-order valence-electron chi connectivity index (χ4n) is 2.41. The Hall–Kier alpha value is -0.300. The highest BCUT2D eigenvalue weighted by atomic mass is 15.2. The van der Waals surface area contributed by atoms with E-state index in [1.165, 1.54) is 31.4 Å². The molecule has 0 aromatic carbocycles. The van der Waals surface area contributed by atoms with Crippen molar-refractivity contribution < 1.29 is 0 Å². The van der Waals surface area contributed by atoms with E-state index in [4.69, 9.17) is 0 Å². The summed E-state index contributed by atoms with van der Waals surface area (Å²) in [5.74, 6) is 0. The van der Waals surface area contributed by atoms with Gasteiger partial charge in [0.2, 0.25) is 0 Å². The highest BCUT2D eigenvalue weighted by Gasteiger charge is 2.41. The standard InChI is InChI=1S/C9H15N/c1-8-6-9(2)4-3-5-10(9)7-8/h1,3-7H2,2H3/t9-/m1/s1. The van der Waals surface area contributed by atoms with Crippen LogP contribution in [0.3, 0.4) is 0 Å². The van der Waals surface area contributed by atoms with Gasteiger partial charge in [-0.2, -0.15) is 0 Å². The molecule has 0 saturated carbocycles. The maximum absolute atomic E-state index is 4.04. The van der Waals surface area contributed by atoms with Crippen molar-refractivity contribution in [2.24, 2.45) is 0 Å². The van der Waals surface area contributed by atoms with Gasteiger partial charge in [-0.25, -0.2) is 0 Å². The fourth-order valence-corrected chi connectivity index (χ4v) is 2.41. The monoisotopic (exact) mass is 137 g/mol. The van der Waals surface area contributed by atoms with Crippen molar-refractivity contribution in [2.45, 2.75) is 31.7 Å². The summed E-state index contributed by atoms with van der Waals surface area (Å²) in [4.78, 5) is 2.58. The largest absolute Gasteiger partial charge is 0.294 e. The van der Waals surface area contributed by atoms with E-state index in [1.807, 2.05) is 0 Å². The van der Waals surface area contributed by atoms with Crippen LogP contribution in [-0.2, 0) is 0 Å².